The lowest BCUT2D eigenvalue weighted by Gasteiger charge is -2.08. The van der Waals surface area contributed by atoms with Gasteiger partial charge in [-0.05, 0) is 52.6 Å². The van der Waals surface area contributed by atoms with Gasteiger partial charge >= 0.3 is 0 Å². The molecule has 4 heteroatoms. The molecule has 45 heavy (non-hydrogen) atoms. The lowest BCUT2D eigenvalue weighted by atomic mass is 9.97. The average molecular weight is 579 g/mol. The van der Waals surface area contributed by atoms with E-state index in [4.69, 9.17) is 18.8 Å². The van der Waals surface area contributed by atoms with Crippen LogP contribution >= 0.6 is 0 Å². The van der Waals surface area contributed by atoms with Crippen molar-refractivity contribution in [1.82, 2.24) is 0 Å². The van der Waals surface area contributed by atoms with Crippen molar-refractivity contribution in [3.8, 4) is 11.1 Å². The van der Waals surface area contributed by atoms with Crippen LogP contribution in [0.3, 0.4) is 0 Å². The van der Waals surface area contributed by atoms with Crippen molar-refractivity contribution < 1.29 is 8.83 Å². The summed E-state index contributed by atoms with van der Waals surface area (Å²) in [7, 11) is 0. The van der Waals surface area contributed by atoms with Crippen molar-refractivity contribution in [3.05, 3.63) is 162 Å². The third-order valence-corrected chi connectivity index (χ3v) is 8.58. The zero-order valence-electron chi connectivity index (χ0n) is 24.3. The molecule has 1 aliphatic rings. The molecule has 0 unspecified atom stereocenters. The first-order valence-electron chi connectivity index (χ1n) is 15.1. The van der Waals surface area contributed by atoms with E-state index in [9.17, 15) is 0 Å². The molecule has 0 amide bonds. The van der Waals surface area contributed by atoms with Crippen LogP contribution in [0.5, 0.6) is 0 Å². The van der Waals surface area contributed by atoms with Crippen LogP contribution in [0.4, 0.5) is 0 Å². The number of rotatable bonds is 4. The molecular weight excluding hydrogens is 552 g/mol. The molecule has 1 aliphatic heterocycles. The molecule has 0 bridgehead atoms. The Morgan fingerprint density at radius 3 is 1.84 bits per heavy atom. The third-order valence-electron chi connectivity index (χ3n) is 8.58. The molecule has 0 spiro atoms. The minimum absolute atomic E-state index is 0.670. The number of fused-ring (bicyclic) bond motifs is 6. The summed E-state index contributed by atoms with van der Waals surface area (Å²) in [6, 6.07) is 47.7. The topological polar surface area (TPSA) is 51.0 Å². The Morgan fingerprint density at radius 2 is 1.07 bits per heavy atom. The van der Waals surface area contributed by atoms with Gasteiger partial charge in [-0.3, -0.25) is 0 Å². The van der Waals surface area contributed by atoms with Crippen LogP contribution in [0.25, 0.3) is 60.7 Å². The van der Waals surface area contributed by atoms with Gasteiger partial charge in [0.05, 0.1) is 11.4 Å². The molecule has 0 saturated carbocycles. The van der Waals surface area contributed by atoms with E-state index < -0.39 is 0 Å². The fraction of sp³-hybridized carbons (Fsp3) is 0.0244. The largest absolute Gasteiger partial charge is 0.456 e. The first-order valence-corrected chi connectivity index (χ1v) is 15.1. The van der Waals surface area contributed by atoms with Gasteiger partial charge in [-0.15, -0.1) is 0 Å². The zero-order valence-corrected chi connectivity index (χ0v) is 24.3. The van der Waals surface area contributed by atoms with Gasteiger partial charge in [0.25, 0.3) is 0 Å². The summed E-state index contributed by atoms with van der Waals surface area (Å²) in [5, 5.41) is 4.25. The van der Waals surface area contributed by atoms with E-state index in [2.05, 4.69) is 91.0 Å². The Labute approximate surface area is 259 Å². The van der Waals surface area contributed by atoms with E-state index >= 15 is 0 Å². The van der Waals surface area contributed by atoms with Crippen molar-refractivity contribution in [3.63, 3.8) is 0 Å². The second kappa shape index (κ2) is 10.3. The third kappa shape index (κ3) is 4.30. The molecule has 0 saturated heterocycles. The molecule has 0 atom stereocenters. The minimum Gasteiger partial charge on any atom is -0.456 e. The molecule has 3 heterocycles. The first kappa shape index (κ1) is 25.5. The minimum atomic E-state index is 0.670. The predicted octanol–water partition coefficient (Wildman–Crippen LogP) is 10.8. The predicted molar refractivity (Wildman–Crippen MR) is 185 cm³/mol. The molecular formula is C41H26N2O2. The number of amidine groups is 1. The van der Waals surface area contributed by atoms with Gasteiger partial charge in [-0.1, -0.05) is 115 Å². The zero-order chi connectivity index (χ0) is 29.7. The van der Waals surface area contributed by atoms with Gasteiger partial charge < -0.3 is 8.83 Å². The van der Waals surface area contributed by atoms with E-state index in [1.54, 1.807) is 0 Å². The maximum atomic E-state index is 6.44. The smallest absolute Gasteiger partial charge is 0.160 e. The Kier molecular flexibility index (Phi) is 5.85. The van der Waals surface area contributed by atoms with Crippen LogP contribution in [-0.4, -0.2) is 11.5 Å². The molecule has 6 aromatic carbocycles. The van der Waals surface area contributed by atoms with E-state index in [1.165, 1.54) is 0 Å². The Bertz CT molecular complexity index is 2500. The van der Waals surface area contributed by atoms with E-state index in [1.807, 2.05) is 54.6 Å². The molecule has 0 aliphatic carbocycles. The molecule has 4 nitrogen and oxygen atoms in total. The second-order valence-corrected chi connectivity index (χ2v) is 11.3. The van der Waals surface area contributed by atoms with Gasteiger partial charge in [-0.25, -0.2) is 9.98 Å². The van der Waals surface area contributed by atoms with E-state index in [0.29, 0.717) is 12.3 Å². The molecule has 2 aromatic heterocycles. The summed E-state index contributed by atoms with van der Waals surface area (Å²) in [6.07, 6.45) is 2.85. The lowest BCUT2D eigenvalue weighted by Crippen LogP contribution is -2.05. The summed E-state index contributed by atoms with van der Waals surface area (Å²) < 4.78 is 12.6. The highest BCUT2D eigenvalue weighted by atomic mass is 16.3. The average Bonchev–Trinajstić information content (AvgIpc) is 3.59. The fourth-order valence-corrected chi connectivity index (χ4v) is 6.47. The summed E-state index contributed by atoms with van der Waals surface area (Å²) in [5.74, 6) is 0.670. The van der Waals surface area contributed by atoms with Crippen LogP contribution in [0.2, 0.25) is 0 Å². The second-order valence-electron chi connectivity index (χ2n) is 11.3. The SMILES string of the molecule is C1=C(c2ccccc2)N=C(c2cccc3oc4ccc(-c5cccc6oc7ccccc7c56)cc4c23)N=C(c2ccccc2)C1. The number of hydrogen-bond acceptors (Lipinski definition) is 4. The number of para-hydroxylation sites is 1. The summed E-state index contributed by atoms with van der Waals surface area (Å²) in [6.45, 7) is 0. The summed E-state index contributed by atoms with van der Waals surface area (Å²) >= 11 is 0. The van der Waals surface area contributed by atoms with Crippen LogP contribution in [0, 0.1) is 0 Å². The number of hydrogen-bond donors (Lipinski definition) is 0. The maximum Gasteiger partial charge on any atom is 0.160 e. The quantitative estimate of drug-likeness (QED) is 0.209. The highest BCUT2D eigenvalue weighted by Gasteiger charge is 2.20. The van der Waals surface area contributed by atoms with E-state index in [-0.39, 0.29) is 0 Å². The maximum absolute atomic E-state index is 6.44. The Morgan fingerprint density at radius 1 is 0.444 bits per heavy atom. The van der Waals surface area contributed by atoms with Crippen molar-refractivity contribution in [1.29, 1.82) is 0 Å². The van der Waals surface area contributed by atoms with Gasteiger partial charge in [0.15, 0.2) is 5.84 Å². The summed E-state index contributed by atoms with van der Waals surface area (Å²) in [5.41, 5.74) is 10.6. The van der Waals surface area contributed by atoms with Gasteiger partial charge in [0, 0.05) is 33.5 Å². The monoisotopic (exact) mass is 578 g/mol. The standard InChI is InChI=1S/C41H26N2O2/c1-3-11-26(12-4-1)33-22-23-34(27-13-5-2-6-14-27)43-41(42-33)31-17-10-20-38-40(31)32-25-28(21-24-36(32)45-38)29-16-9-19-37-39(29)30-15-7-8-18-35(30)44-37/h1-22,24-25H,23H2. The van der Waals surface area contributed by atoms with Crippen LogP contribution in [0.15, 0.2) is 164 Å². The normalized spacial score (nSPS) is 13.6. The Hall–Kier alpha value is -6.00. The number of allylic oxidation sites excluding steroid dienone is 1. The van der Waals surface area contributed by atoms with Crippen LogP contribution in [-0.2, 0) is 0 Å². The first-order chi connectivity index (χ1) is 22.3. The summed E-state index contributed by atoms with van der Waals surface area (Å²) in [4.78, 5) is 10.5. The number of nitrogens with zero attached hydrogens (tertiary/aromatic N) is 2. The number of benzene rings is 6. The van der Waals surface area contributed by atoms with E-state index in [0.717, 1.165) is 83.1 Å². The van der Waals surface area contributed by atoms with Crippen molar-refractivity contribution >= 4 is 61.1 Å². The molecule has 0 radical (unpaired) electrons. The van der Waals surface area contributed by atoms with Crippen molar-refractivity contribution in [2.45, 2.75) is 6.42 Å². The van der Waals surface area contributed by atoms with Crippen molar-refractivity contribution in [2.24, 2.45) is 9.98 Å². The molecule has 0 fully saturated rings. The van der Waals surface area contributed by atoms with Gasteiger partial charge in [-0.2, -0.15) is 0 Å². The highest BCUT2D eigenvalue weighted by Crippen LogP contribution is 2.40. The molecule has 8 aromatic rings. The Balaban J connectivity index is 1.28. The van der Waals surface area contributed by atoms with Crippen LogP contribution in [0.1, 0.15) is 23.1 Å². The highest BCUT2D eigenvalue weighted by molar-refractivity contribution is 6.23. The van der Waals surface area contributed by atoms with Gasteiger partial charge in [0.1, 0.15) is 22.3 Å². The molecule has 212 valence electrons. The lowest BCUT2D eigenvalue weighted by molar-refractivity contribution is 0.669. The van der Waals surface area contributed by atoms with Crippen molar-refractivity contribution in [2.75, 3.05) is 0 Å². The van der Waals surface area contributed by atoms with Crippen LogP contribution < -0.4 is 0 Å². The number of aliphatic imine (C=N–C) groups is 2. The molecule has 0 N–H and O–H groups in total. The van der Waals surface area contributed by atoms with Gasteiger partial charge in [0.2, 0.25) is 0 Å². The fourth-order valence-electron chi connectivity index (χ4n) is 6.47. The molecule has 9 rings (SSSR count). The number of furan rings is 2.